The van der Waals surface area contributed by atoms with Gasteiger partial charge in [0.05, 0.1) is 31.5 Å². The van der Waals surface area contributed by atoms with Crippen LogP contribution in [0.4, 0.5) is 11.4 Å². The van der Waals surface area contributed by atoms with Crippen LogP contribution in [0.25, 0.3) is 0 Å². The average Bonchev–Trinajstić information content (AvgIpc) is 3.60. The minimum absolute atomic E-state index is 0.0969. The van der Waals surface area contributed by atoms with Gasteiger partial charge in [-0.1, -0.05) is 12.1 Å². The zero-order chi connectivity index (χ0) is 23.3. The standard InChI is InChI=1S/C20H16N2O6S4/c23-31(24,25)19-5-11(21-9-29)1-3-13(19)15-7-17(15)18-8-16(18)14-4-2-12(22-10-30)6-20(14)32(26,27)28/h1-6,15-18H,7-8H2,(H,23,24,25)(H,26,27,28). The van der Waals surface area contributed by atoms with Gasteiger partial charge in [0, 0.05) is 0 Å². The third kappa shape index (κ3) is 4.63. The predicted molar refractivity (Wildman–Crippen MR) is 124 cm³/mol. The zero-order valence-corrected chi connectivity index (χ0v) is 19.5. The Morgan fingerprint density at radius 3 is 1.44 bits per heavy atom. The second-order valence-electron chi connectivity index (χ2n) is 7.81. The van der Waals surface area contributed by atoms with E-state index in [1.54, 1.807) is 24.3 Å². The number of nitrogens with zero attached hydrogens (tertiary/aromatic N) is 2. The lowest BCUT2D eigenvalue weighted by atomic mass is 10.0. The van der Waals surface area contributed by atoms with Gasteiger partial charge in [0.2, 0.25) is 0 Å². The molecule has 2 N–H and O–H groups in total. The van der Waals surface area contributed by atoms with Crippen LogP contribution >= 0.6 is 24.4 Å². The molecule has 4 atom stereocenters. The van der Waals surface area contributed by atoms with Crippen LogP contribution in [-0.2, 0) is 20.2 Å². The van der Waals surface area contributed by atoms with Gasteiger partial charge < -0.3 is 0 Å². The van der Waals surface area contributed by atoms with E-state index in [4.69, 9.17) is 0 Å². The highest BCUT2D eigenvalue weighted by Gasteiger charge is 2.55. The van der Waals surface area contributed by atoms with Crippen molar-refractivity contribution in [3.05, 3.63) is 47.5 Å². The molecule has 0 radical (unpaired) electrons. The largest absolute Gasteiger partial charge is 0.294 e. The van der Waals surface area contributed by atoms with Gasteiger partial charge in [0.1, 0.15) is 0 Å². The first-order chi connectivity index (χ1) is 15.0. The summed E-state index contributed by atoms with van der Waals surface area (Å²) in [5.41, 5.74) is 1.53. The molecule has 166 valence electrons. The van der Waals surface area contributed by atoms with Gasteiger partial charge >= 0.3 is 0 Å². The average molecular weight is 509 g/mol. The van der Waals surface area contributed by atoms with E-state index in [-0.39, 0.29) is 44.8 Å². The van der Waals surface area contributed by atoms with Crippen molar-refractivity contribution in [2.45, 2.75) is 34.5 Å². The summed E-state index contributed by atoms with van der Waals surface area (Å²) in [6, 6.07) is 8.95. The topological polar surface area (TPSA) is 133 Å². The Balaban J connectivity index is 1.61. The van der Waals surface area contributed by atoms with Crippen LogP contribution in [0.3, 0.4) is 0 Å². The molecular weight excluding hydrogens is 492 g/mol. The van der Waals surface area contributed by atoms with Crippen LogP contribution in [0.5, 0.6) is 0 Å². The lowest BCUT2D eigenvalue weighted by molar-refractivity contribution is 0.479. The first-order valence-electron chi connectivity index (χ1n) is 9.43. The SMILES string of the molecule is O=S(=O)(O)c1cc(N=C=S)ccc1C1CC1C1CC1c1ccc(N=C=S)cc1S(=O)(=O)O. The Bertz CT molecular complexity index is 1310. The van der Waals surface area contributed by atoms with E-state index in [0.29, 0.717) is 24.0 Å². The van der Waals surface area contributed by atoms with E-state index < -0.39 is 20.2 Å². The number of rotatable bonds is 7. The molecule has 2 aliphatic carbocycles. The quantitative estimate of drug-likeness (QED) is 0.316. The molecule has 2 aromatic rings. The third-order valence-corrected chi connectivity index (χ3v) is 7.93. The molecule has 0 saturated heterocycles. The molecule has 0 aliphatic heterocycles. The molecule has 2 saturated carbocycles. The van der Waals surface area contributed by atoms with Crippen molar-refractivity contribution in [1.82, 2.24) is 0 Å². The van der Waals surface area contributed by atoms with Crippen molar-refractivity contribution in [3.8, 4) is 0 Å². The summed E-state index contributed by atoms with van der Waals surface area (Å²) >= 11 is 9.09. The lowest BCUT2D eigenvalue weighted by Crippen LogP contribution is -2.04. The van der Waals surface area contributed by atoms with Crippen molar-refractivity contribution in [2.75, 3.05) is 0 Å². The van der Waals surface area contributed by atoms with Crippen molar-refractivity contribution in [3.63, 3.8) is 0 Å². The van der Waals surface area contributed by atoms with Crippen LogP contribution < -0.4 is 0 Å². The number of hydrogen-bond acceptors (Lipinski definition) is 8. The van der Waals surface area contributed by atoms with Gasteiger partial charge in [-0.2, -0.15) is 26.8 Å². The molecule has 4 unspecified atom stereocenters. The summed E-state index contributed by atoms with van der Waals surface area (Å²) in [7, 11) is -8.94. The molecule has 4 rings (SSSR count). The zero-order valence-electron chi connectivity index (χ0n) is 16.2. The minimum atomic E-state index is -4.47. The smallest absolute Gasteiger partial charge is 0.282 e. The normalized spacial score (nSPS) is 24.2. The maximum Gasteiger partial charge on any atom is 0.294 e. The van der Waals surface area contributed by atoms with Crippen molar-refractivity contribution < 1.29 is 25.9 Å². The van der Waals surface area contributed by atoms with Gasteiger partial charge in [-0.3, -0.25) is 9.11 Å². The molecular formula is C20H16N2O6S4. The first-order valence-corrected chi connectivity index (χ1v) is 13.1. The van der Waals surface area contributed by atoms with E-state index in [1.165, 1.54) is 12.1 Å². The Morgan fingerprint density at radius 2 is 1.12 bits per heavy atom. The molecule has 0 heterocycles. The summed E-state index contributed by atoms with van der Waals surface area (Å²) in [6.45, 7) is 0. The summed E-state index contributed by atoms with van der Waals surface area (Å²) in [6.07, 6.45) is 1.40. The fraction of sp³-hybridized carbons (Fsp3) is 0.300. The summed E-state index contributed by atoms with van der Waals surface area (Å²) < 4.78 is 67.0. The molecule has 0 amide bonds. The van der Waals surface area contributed by atoms with E-state index in [0.717, 1.165) is 0 Å². The Hall–Kier alpha value is -2.14. The summed E-state index contributed by atoms with van der Waals surface area (Å²) in [5.74, 6) is 0.0437. The van der Waals surface area contributed by atoms with Gasteiger partial charge in [0.15, 0.2) is 0 Å². The minimum Gasteiger partial charge on any atom is -0.282 e. The van der Waals surface area contributed by atoms with Gasteiger partial charge in [0.25, 0.3) is 20.2 Å². The van der Waals surface area contributed by atoms with E-state index in [1.807, 2.05) is 0 Å². The number of hydrogen-bond donors (Lipinski definition) is 2. The highest BCUT2D eigenvalue weighted by Crippen LogP contribution is 2.66. The number of aliphatic imine (C=N–C) groups is 2. The van der Waals surface area contributed by atoms with Crippen LogP contribution in [0.2, 0.25) is 0 Å². The van der Waals surface area contributed by atoms with Crippen LogP contribution in [0.15, 0.2) is 56.2 Å². The number of isothiocyanates is 2. The third-order valence-electron chi connectivity index (χ3n) is 5.93. The summed E-state index contributed by atoms with van der Waals surface area (Å²) in [5, 5.41) is 4.33. The van der Waals surface area contributed by atoms with Crippen molar-refractivity contribution in [1.29, 1.82) is 0 Å². The van der Waals surface area contributed by atoms with Crippen LogP contribution in [-0.4, -0.2) is 36.3 Å². The Morgan fingerprint density at radius 1 is 0.750 bits per heavy atom. The van der Waals surface area contributed by atoms with E-state index in [2.05, 4.69) is 44.7 Å². The fourth-order valence-corrected chi connectivity index (χ4v) is 6.23. The van der Waals surface area contributed by atoms with Gasteiger partial charge in [-0.05, 0) is 96.3 Å². The second-order valence-corrected chi connectivity index (χ2v) is 11.0. The van der Waals surface area contributed by atoms with E-state index >= 15 is 0 Å². The van der Waals surface area contributed by atoms with Crippen LogP contribution in [0.1, 0.15) is 35.8 Å². The number of thiocarbonyl (C=S) groups is 2. The molecule has 0 aromatic heterocycles. The summed E-state index contributed by atoms with van der Waals surface area (Å²) in [4.78, 5) is 7.10. The maximum atomic E-state index is 11.9. The fourth-order valence-electron chi connectivity index (χ4n) is 4.44. The molecule has 2 aliphatic rings. The molecule has 32 heavy (non-hydrogen) atoms. The van der Waals surface area contributed by atoms with Crippen LogP contribution in [0, 0.1) is 11.8 Å². The molecule has 0 spiro atoms. The second kappa shape index (κ2) is 8.33. The van der Waals surface area contributed by atoms with Crippen molar-refractivity contribution in [2.24, 2.45) is 21.8 Å². The number of benzene rings is 2. The Labute approximate surface area is 195 Å². The maximum absolute atomic E-state index is 11.9. The van der Waals surface area contributed by atoms with Gasteiger partial charge in [-0.15, -0.1) is 0 Å². The molecule has 8 nitrogen and oxygen atoms in total. The monoisotopic (exact) mass is 508 g/mol. The lowest BCUT2D eigenvalue weighted by Gasteiger charge is -2.09. The molecule has 0 bridgehead atoms. The molecule has 2 aromatic carbocycles. The highest BCUT2D eigenvalue weighted by molar-refractivity contribution is 7.86. The van der Waals surface area contributed by atoms with E-state index in [9.17, 15) is 25.9 Å². The highest BCUT2D eigenvalue weighted by atomic mass is 32.2. The molecule has 2 fully saturated rings. The van der Waals surface area contributed by atoms with Gasteiger partial charge in [-0.25, -0.2) is 0 Å². The predicted octanol–water partition coefficient (Wildman–Crippen LogP) is 4.56. The van der Waals surface area contributed by atoms with Crippen molar-refractivity contribution >= 4 is 66.4 Å². The first kappa shape index (κ1) is 23.0. The Kier molecular flexibility index (Phi) is 6.00. The molecule has 12 heteroatoms.